The van der Waals surface area contributed by atoms with Gasteiger partial charge in [-0.1, -0.05) is 0 Å². The molecule has 0 N–H and O–H groups in total. The van der Waals surface area contributed by atoms with Gasteiger partial charge in [0.15, 0.2) is 0 Å². The first-order chi connectivity index (χ1) is 3.85. The van der Waals surface area contributed by atoms with Crippen molar-refractivity contribution in [3.05, 3.63) is 0 Å². The highest BCUT2D eigenvalue weighted by Gasteiger charge is 2.44. The molecule has 0 fully saturated rings. The maximum absolute atomic E-state index is 11.5. The van der Waals surface area contributed by atoms with Crippen molar-refractivity contribution < 1.29 is 22.4 Å². The standard InChI is InChI=1S/C3HBrF4O/c4-2(9)1(5)3(6,7)8/h1H/t1-/m0/s1. The van der Waals surface area contributed by atoms with E-state index in [0.29, 0.717) is 0 Å². The summed E-state index contributed by atoms with van der Waals surface area (Å²) < 4.78 is 43.0. The smallest absolute Gasteiger partial charge is 0.283 e. The van der Waals surface area contributed by atoms with Crippen molar-refractivity contribution >= 4 is 20.6 Å². The molecule has 1 nitrogen and oxygen atoms in total. The van der Waals surface area contributed by atoms with Crippen molar-refractivity contribution in [1.82, 2.24) is 0 Å². The second-order valence-electron chi connectivity index (χ2n) is 1.21. The van der Waals surface area contributed by atoms with Crippen LogP contribution in [-0.4, -0.2) is 17.0 Å². The number of rotatable bonds is 1. The van der Waals surface area contributed by atoms with E-state index in [4.69, 9.17) is 0 Å². The molecule has 0 heterocycles. The van der Waals surface area contributed by atoms with E-state index in [1.54, 1.807) is 0 Å². The van der Waals surface area contributed by atoms with Crippen LogP contribution in [0.2, 0.25) is 0 Å². The molecular formula is C3HBrF4O. The lowest BCUT2D eigenvalue weighted by molar-refractivity contribution is -0.180. The van der Waals surface area contributed by atoms with Crippen molar-refractivity contribution in [3.63, 3.8) is 0 Å². The van der Waals surface area contributed by atoms with Crippen molar-refractivity contribution in [2.24, 2.45) is 0 Å². The van der Waals surface area contributed by atoms with Gasteiger partial charge in [0.1, 0.15) is 0 Å². The molecule has 0 aliphatic heterocycles. The van der Waals surface area contributed by atoms with E-state index in [-0.39, 0.29) is 0 Å². The van der Waals surface area contributed by atoms with Gasteiger partial charge in [0, 0.05) is 0 Å². The van der Waals surface area contributed by atoms with Crippen LogP contribution in [0.25, 0.3) is 0 Å². The second kappa shape index (κ2) is 2.64. The Bertz CT molecular complexity index is 119. The summed E-state index contributed by atoms with van der Waals surface area (Å²) in [6, 6.07) is 0. The number of alkyl halides is 4. The van der Waals surface area contributed by atoms with Crippen LogP contribution in [0, 0.1) is 0 Å². The second-order valence-corrected chi connectivity index (χ2v) is 1.99. The average molecular weight is 209 g/mol. The minimum atomic E-state index is -5.08. The van der Waals surface area contributed by atoms with Gasteiger partial charge in [-0.2, -0.15) is 13.2 Å². The summed E-state index contributed by atoms with van der Waals surface area (Å²) in [7, 11) is 0. The number of hydrogen-bond acceptors (Lipinski definition) is 1. The van der Waals surface area contributed by atoms with E-state index in [1.165, 1.54) is 0 Å². The molecule has 0 spiro atoms. The molecule has 0 unspecified atom stereocenters. The van der Waals surface area contributed by atoms with Gasteiger partial charge in [-0.05, 0) is 15.9 Å². The van der Waals surface area contributed by atoms with E-state index in [9.17, 15) is 22.4 Å². The van der Waals surface area contributed by atoms with E-state index in [1.807, 2.05) is 15.9 Å². The summed E-state index contributed by atoms with van der Waals surface area (Å²) in [5, 5.41) is 0. The molecule has 0 bridgehead atoms. The van der Waals surface area contributed by atoms with Gasteiger partial charge in [-0.15, -0.1) is 0 Å². The third-order valence-electron chi connectivity index (χ3n) is 0.487. The molecule has 6 heteroatoms. The lowest BCUT2D eigenvalue weighted by Gasteiger charge is -2.05. The van der Waals surface area contributed by atoms with Crippen molar-refractivity contribution in [2.75, 3.05) is 0 Å². The molecule has 0 aromatic carbocycles. The van der Waals surface area contributed by atoms with Crippen molar-refractivity contribution in [3.8, 4) is 0 Å². The fraction of sp³-hybridized carbons (Fsp3) is 0.667. The fourth-order valence-electron chi connectivity index (χ4n) is 0.129. The quantitative estimate of drug-likeness (QED) is 0.475. The Morgan fingerprint density at radius 3 is 1.78 bits per heavy atom. The van der Waals surface area contributed by atoms with Gasteiger partial charge >= 0.3 is 6.18 Å². The average Bonchev–Trinajstić information content (AvgIpc) is 1.62. The van der Waals surface area contributed by atoms with Crippen LogP contribution in [0.4, 0.5) is 17.6 Å². The SMILES string of the molecule is O=C(Br)[C@H](F)C(F)(F)F. The minimum absolute atomic E-state index is 1.70. The van der Waals surface area contributed by atoms with Crippen molar-refractivity contribution in [2.45, 2.75) is 12.3 Å². The largest absolute Gasteiger partial charge is 0.427 e. The zero-order valence-electron chi connectivity index (χ0n) is 3.88. The Kier molecular flexibility index (Phi) is 2.60. The zero-order chi connectivity index (χ0) is 7.65. The lowest BCUT2D eigenvalue weighted by Crippen LogP contribution is -2.29. The first kappa shape index (κ1) is 8.87. The van der Waals surface area contributed by atoms with Crippen molar-refractivity contribution in [1.29, 1.82) is 0 Å². The molecule has 0 radical (unpaired) electrons. The molecule has 0 aromatic heterocycles. The number of carbonyl (C=O) groups is 1. The van der Waals surface area contributed by atoms with Crippen LogP contribution in [0.3, 0.4) is 0 Å². The molecule has 9 heavy (non-hydrogen) atoms. The Labute approximate surface area is 56.2 Å². The topological polar surface area (TPSA) is 17.1 Å². The summed E-state index contributed by atoms with van der Waals surface area (Å²) in [5.74, 6) is 0. The highest BCUT2D eigenvalue weighted by Crippen LogP contribution is 2.24. The van der Waals surface area contributed by atoms with Gasteiger partial charge in [-0.3, -0.25) is 4.79 Å². The number of hydrogen-bond donors (Lipinski definition) is 0. The van der Waals surface area contributed by atoms with E-state index in [0.717, 1.165) is 0 Å². The predicted molar refractivity (Wildman–Crippen MR) is 24.9 cm³/mol. The normalized spacial score (nSPS) is 15.2. The summed E-state index contributed by atoms with van der Waals surface area (Å²) in [5.41, 5.74) is 0. The molecule has 0 aliphatic rings. The number of carbonyl (C=O) groups excluding carboxylic acids is 1. The molecule has 1 atom stereocenters. The summed E-state index contributed by atoms with van der Waals surface area (Å²) in [6.07, 6.45) is -8.49. The minimum Gasteiger partial charge on any atom is -0.283 e. The van der Waals surface area contributed by atoms with E-state index in [2.05, 4.69) is 0 Å². The lowest BCUT2D eigenvalue weighted by atomic mass is 10.4. The molecule has 0 rings (SSSR count). The van der Waals surface area contributed by atoms with E-state index >= 15 is 0 Å². The zero-order valence-corrected chi connectivity index (χ0v) is 5.46. The maximum atomic E-state index is 11.5. The van der Waals surface area contributed by atoms with Gasteiger partial charge in [0.05, 0.1) is 0 Å². The van der Waals surface area contributed by atoms with Gasteiger partial charge in [-0.25, -0.2) is 4.39 Å². The molecule has 0 aromatic rings. The van der Waals surface area contributed by atoms with Gasteiger partial charge in [0.25, 0.3) is 6.17 Å². The highest BCUT2D eigenvalue weighted by atomic mass is 79.9. The Balaban J connectivity index is 4.04. The summed E-state index contributed by atoms with van der Waals surface area (Å²) in [4.78, 5) is 9.61. The third kappa shape index (κ3) is 2.78. The monoisotopic (exact) mass is 208 g/mol. The van der Waals surface area contributed by atoms with Gasteiger partial charge in [0.2, 0.25) is 4.69 Å². The summed E-state index contributed by atoms with van der Waals surface area (Å²) in [6.45, 7) is 0. The Morgan fingerprint density at radius 2 is 1.78 bits per heavy atom. The molecule has 0 saturated carbocycles. The predicted octanol–water partition coefficient (Wildman–Crippen LogP) is 1.81. The van der Waals surface area contributed by atoms with E-state index < -0.39 is 17.0 Å². The van der Waals surface area contributed by atoms with Gasteiger partial charge < -0.3 is 0 Å². The highest BCUT2D eigenvalue weighted by molar-refractivity contribution is 9.18. The molecular weight excluding hydrogens is 208 g/mol. The number of halogens is 5. The molecule has 54 valence electrons. The fourth-order valence-corrected chi connectivity index (χ4v) is 0.388. The molecule has 0 amide bonds. The molecule has 0 aliphatic carbocycles. The molecule has 0 saturated heterocycles. The first-order valence-corrected chi connectivity index (χ1v) is 2.55. The first-order valence-electron chi connectivity index (χ1n) is 1.76. The third-order valence-corrected chi connectivity index (χ3v) is 0.889. The summed E-state index contributed by atoms with van der Waals surface area (Å²) >= 11 is 1.84. The van der Waals surface area contributed by atoms with Crippen LogP contribution >= 0.6 is 15.9 Å². The Hall–Kier alpha value is -0.130. The van der Waals surface area contributed by atoms with Crippen LogP contribution in [-0.2, 0) is 4.79 Å². The van der Waals surface area contributed by atoms with Crippen LogP contribution in [0.15, 0.2) is 0 Å². The maximum Gasteiger partial charge on any atom is 0.427 e. The van der Waals surface area contributed by atoms with Crippen LogP contribution in [0.5, 0.6) is 0 Å². The van der Waals surface area contributed by atoms with Crippen LogP contribution in [0.1, 0.15) is 0 Å². The van der Waals surface area contributed by atoms with Crippen LogP contribution < -0.4 is 0 Å². The Morgan fingerprint density at radius 1 is 1.44 bits per heavy atom.